The molecule has 7 nitrogen and oxygen atoms in total. The SMILES string of the molecule is COC(=O)/C=C/c1cc(OC)c(OC)c(S(=O)(=O)N(C)c2ccccc2-c2ccccc2)c1. The highest BCUT2D eigenvalue weighted by Gasteiger charge is 2.29. The number of carbonyl (C=O) groups is 1. The lowest BCUT2D eigenvalue weighted by molar-refractivity contribution is -0.134. The predicted molar refractivity (Wildman–Crippen MR) is 128 cm³/mol. The van der Waals surface area contributed by atoms with Crippen molar-refractivity contribution in [1.29, 1.82) is 0 Å². The van der Waals surface area contributed by atoms with E-state index in [0.29, 0.717) is 11.3 Å². The standard InChI is InChI=1S/C25H25NO6S/c1-26(21-13-9-8-12-20(21)19-10-6-5-7-11-19)33(28,29)23-17-18(14-15-24(27)31-3)16-22(30-2)25(23)32-4/h5-17H,1-4H3/b15-14+. The Morgan fingerprint density at radius 1 is 0.909 bits per heavy atom. The first-order chi connectivity index (χ1) is 15.8. The van der Waals surface area contributed by atoms with E-state index in [4.69, 9.17) is 9.47 Å². The van der Waals surface area contributed by atoms with Crippen molar-refractivity contribution in [2.75, 3.05) is 32.7 Å². The van der Waals surface area contributed by atoms with Crippen LogP contribution in [0.3, 0.4) is 0 Å². The summed E-state index contributed by atoms with van der Waals surface area (Å²) in [4.78, 5) is 11.4. The number of hydrogen-bond acceptors (Lipinski definition) is 6. The summed E-state index contributed by atoms with van der Waals surface area (Å²) in [5, 5.41) is 0. The molecular formula is C25H25NO6S. The van der Waals surface area contributed by atoms with Gasteiger partial charge < -0.3 is 14.2 Å². The van der Waals surface area contributed by atoms with Crippen LogP contribution in [0.4, 0.5) is 5.69 Å². The summed E-state index contributed by atoms with van der Waals surface area (Å²) in [7, 11) is 1.45. The molecule has 3 aromatic rings. The van der Waals surface area contributed by atoms with Gasteiger partial charge in [0, 0.05) is 18.7 Å². The second kappa shape index (κ2) is 10.2. The van der Waals surface area contributed by atoms with Crippen LogP contribution in [0.25, 0.3) is 17.2 Å². The largest absolute Gasteiger partial charge is 0.493 e. The zero-order valence-corrected chi connectivity index (χ0v) is 19.6. The molecule has 0 aliphatic rings. The van der Waals surface area contributed by atoms with Gasteiger partial charge in [0.2, 0.25) is 0 Å². The highest BCUT2D eigenvalue weighted by Crippen LogP contribution is 2.40. The van der Waals surface area contributed by atoms with Crippen LogP contribution >= 0.6 is 0 Å². The molecule has 0 spiro atoms. The molecular weight excluding hydrogens is 442 g/mol. The van der Waals surface area contributed by atoms with Gasteiger partial charge in [-0.25, -0.2) is 13.2 Å². The van der Waals surface area contributed by atoms with Gasteiger partial charge in [-0.2, -0.15) is 0 Å². The van der Waals surface area contributed by atoms with Gasteiger partial charge in [-0.05, 0) is 35.4 Å². The molecule has 0 aliphatic heterocycles. The fraction of sp³-hybridized carbons (Fsp3) is 0.160. The van der Waals surface area contributed by atoms with Crippen LogP contribution < -0.4 is 13.8 Å². The van der Waals surface area contributed by atoms with Crippen molar-refractivity contribution in [3.05, 3.63) is 78.4 Å². The first-order valence-corrected chi connectivity index (χ1v) is 11.4. The molecule has 3 aromatic carbocycles. The van der Waals surface area contributed by atoms with Crippen molar-refractivity contribution in [2.45, 2.75) is 4.90 Å². The summed E-state index contributed by atoms with van der Waals surface area (Å²) in [5.41, 5.74) is 2.58. The molecule has 172 valence electrons. The van der Waals surface area contributed by atoms with Gasteiger partial charge in [-0.3, -0.25) is 4.31 Å². The minimum absolute atomic E-state index is 0.0664. The maximum absolute atomic E-state index is 13.8. The summed E-state index contributed by atoms with van der Waals surface area (Å²) in [6.45, 7) is 0. The quantitative estimate of drug-likeness (QED) is 0.361. The number of rotatable bonds is 8. The van der Waals surface area contributed by atoms with Crippen LogP contribution in [0.2, 0.25) is 0 Å². The molecule has 0 unspecified atom stereocenters. The maximum Gasteiger partial charge on any atom is 0.330 e. The van der Waals surface area contributed by atoms with E-state index in [1.807, 2.05) is 42.5 Å². The number of sulfonamides is 1. The van der Waals surface area contributed by atoms with E-state index in [0.717, 1.165) is 11.1 Å². The van der Waals surface area contributed by atoms with Crippen molar-refractivity contribution >= 4 is 27.8 Å². The van der Waals surface area contributed by atoms with Crippen LogP contribution in [0.15, 0.2) is 77.7 Å². The molecule has 0 atom stereocenters. The average Bonchev–Trinajstić information content (AvgIpc) is 2.86. The lowest BCUT2D eigenvalue weighted by atomic mass is 10.0. The molecule has 0 aliphatic carbocycles. The first-order valence-electron chi connectivity index (χ1n) is 9.99. The van der Waals surface area contributed by atoms with E-state index in [9.17, 15) is 13.2 Å². The third-order valence-electron chi connectivity index (χ3n) is 5.05. The van der Waals surface area contributed by atoms with Crippen LogP contribution in [-0.2, 0) is 19.6 Å². The smallest absolute Gasteiger partial charge is 0.330 e. The van der Waals surface area contributed by atoms with Gasteiger partial charge in [-0.15, -0.1) is 0 Å². The third-order valence-corrected chi connectivity index (χ3v) is 6.82. The fourth-order valence-corrected chi connectivity index (χ4v) is 4.77. The number of nitrogens with zero attached hydrogens (tertiary/aromatic N) is 1. The Bertz CT molecular complexity index is 1270. The van der Waals surface area contributed by atoms with Gasteiger partial charge >= 0.3 is 5.97 Å². The van der Waals surface area contributed by atoms with Gasteiger partial charge in [0.05, 0.1) is 27.0 Å². The van der Waals surface area contributed by atoms with Crippen molar-refractivity contribution in [3.8, 4) is 22.6 Å². The molecule has 0 amide bonds. The van der Waals surface area contributed by atoms with Crippen LogP contribution in [0, 0.1) is 0 Å². The normalized spacial score (nSPS) is 11.3. The Morgan fingerprint density at radius 2 is 1.58 bits per heavy atom. The van der Waals surface area contributed by atoms with Gasteiger partial charge in [0.1, 0.15) is 4.90 Å². The molecule has 8 heteroatoms. The van der Waals surface area contributed by atoms with E-state index in [1.165, 1.54) is 50.9 Å². The summed E-state index contributed by atoms with van der Waals surface area (Å²) >= 11 is 0. The Labute approximate surface area is 193 Å². The average molecular weight is 468 g/mol. The van der Waals surface area contributed by atoms with Gasteiger partial charge in [0.25, 0.3) is 10.0 Å². The number of carbonyl (C=O) groups excluding carboxylic acids is 1. The van der Waals surface area contributed by atoms with Crippen molar-refractivity contribution in [3.63, 3.8) is 0 Å². The zero-order chi connectivity index (χ0) is 24.0. The number of anilines is 1. The fourth-order valence-electron chi connectivity index (χ4n) is 3.36. The van der Waals surface area contributed by atoms with Crippen molar-refractivity contribution in [1.82, 2.24) is 0 Å². The minimum Gasteiger partial charge on any atom is -0.493 e. The molecule has 0 saturated heterocycles. The molecule has 0 aromatic heterocycles. The summed E-state index contributed by atoms with van der Waals surface area (Å²) in [6.07, 6.45) is 2.65. The molecule has 0 saturated carbocycles. The van der Waals surface area contributed by atoms with Crippen molar-refractivity contribution < 1.29 is 27.4 Å². The monoisotopic (exact) mass is 467 g/mol. The zero-order valence-electron chi connectivity index (χ0n) is 18.8. The molecule has 0 heterocycles. The molecule has 0 bridgehead atoms. The molecule has 3 rings (SSSR count). The number of para-hydroxylation sites is 1. The molecule has 0 N–H and O–H groups in total. The Balaban J connectivity index is 2.16. The highest BCUT2D eigenvalue weighted by molar-refractivity contribution is 7.93. The van der Waals surface area contributed by atoms with Gasteiger partial charge in [0.15, 0.2) is 11.5 Å². The maximum atomic E-state index is 13.8. The number of ether oxygens (including phenoxy) is 3. The third kappa shape index (κ3) is 5.01. The molecule has 0 fully saturated rings. The van der Waals surface area contributed by atoms with Crippen LogP contribution in [0.1, 0.15) is 5.56 Å². The Hall–Kier alpha value is -3.78. The molecule has 0 radical (unpaired) electrons. The first kappa shape index (κ1) is 23.9. The Morgan fingerprint density at radius 3 is 2.21 bits per heavy atom. The van der Waals surface area contributed by atoms with Crippen molar-refractivity contribution in [2.24, 2.45) is 0 Å². The number of hydrogen-bond donors (Lipinski definition) is 0. The van der Waals surface area contributed by atoms with E-state index in [2.05, 4.69) is 4.74 Å². The second-order valence-corrected chi connectivity index (χ2v) is 8.90. The highest BCUT2D eigenvalue weighted by atomic mass is 32.2. The van der Waals surface area contributed by atoms with E-state index < -0.39 is 16.0 Å². The summed E-state index contributed by atoms with van der Waals surface area (Å²) in [6, 6.07) is 19.8. The van der Waals surface area contributed by atoms with E-state index in [-0.39, 0.29) is 16.4 Å². The second-order valence-electron chi connectivity index (χ2n) is 6.97. The topological polar surface area (TPSA) is 82.1 Å². The Kier molecular flexibility index (Phi) is 7.40. The molecule has 33 heavy (non-hydrogen) atoms. The number of esters is 1. The number of benzene rings is 3. The predicted octanol–water partition coefficient (Wildman–Crippen LogP) is 4.38. The minimum atomic E-state index is -4.09. The van der Waals surface area contributed by atoms with Crippen LogP contribution in [-0.4, -0.2) is 42.8 Å². The van der Waals surface area contributed by atoms with Crippen LogP contribution in [0.5, 0.6) is 11.5 Å². The lowest BCUT2D eigenvalue weighted by Crippen LogP contribution is -2.27. The van der Waals surface area contributed by atoms with E-state index >= 15 is 0 Å². The summed E-state index contributed by atoms with van der Waals surface area (Å²) in [5.74, 6) is -0.285. The number of methoxy groups -OCH3 is 3. The van der Waals surface area contributed by atoms with Gasteiger partial charge in [-0.1, -0.05) is 48.5 Å². The summed E-state index contributed by atoms with van der Waals surface area (Å²) < 4.78 is 44.2. The lowest BCUT2D eigenvalue weighted by Gasteiger charge is -2.24. The van der Waals surface area contributed by atoms with E-state index in [1.54, 1.807) is 18.2 Å².